The van der Waals surface area contributed by atoms with Crippen LogP contribution in [0.5, 0.6) is 0 Å². The molecule has 1 aromatic rings. The number of nitrogen functional groups attached to an aromatic ring is 1. The molecule has 7 nitrogen and oxygen atoms in total. The van der Waals surface area contributed by atoms with Crippen molar-refractivity contribution in [3.8, 4) is 0 Å². The van der Waals surface area contributed by atoms with Crippen molar-refractivity contribution in [2.75, 3.05) is 31.2 Å². The number of likely N-dealkylation sites (tertiary alicyclic amines) is 1. The van der Waals surface area contributed by atoms with Crippen LogP contribution in [-0.4, -0.2) is 47.9 Å². The van der Waals surface area contributed by atoms with Crippen LogP contribution in [0.4, 0.5) is 10.9 Å². The molecule has 1 aromatic heterocycles. The molecule has 1 unspecified atom stereocenters. The van der Waals surface area contributed by atoms with E-state index in [0.717, 1.165) is 25.9 Å². The van der Waals surface area contributed by atoms with E-state index < -0.39 is 6.04 Å². The van der Waals surface area contributed by atoms with Crippen LogP contribution in [0.3, 0.4) is 0 Å². The molecule has 0 aliphatic carbocycles. The van der Waals surface area contributed by atoms with Crippen molar-refractivity contribution >= 4 is 34.1 Å². The highest BCUT2D eigenvalue weighted by Crippen LogP contribution is 2.24. The Bertz CT molecular complexity index is 510. The molecule has 0 aromatic carbocycles. The Labute approximate surface area is 121 Å². The minimum Gasteiger partial charge on any atom is -0.382 e. The lowest BCUT2D eigenvalue weighted by molar-refractivity contribution is -0.131. The van der Waals surface area contributed by atoms with Crippen molar-refractivity contribution in [1.29, 1.82) is 0 Å². The van der Waals surface area contributed by atoms with Gasteiger partial charge in [-0.3, -0.25) is 9.59 Å². The zero-order valence-corrected chi connectivity index (χ0v) is 12.4. The molecule has 1 fully saturated rings. The van der Waals surface area contributed by atoms with Crippen molar-refractivity contribution in [3.63, 3.8) is 0 Å². The Kier molecular flexibility index (Phi) is 4.43. The first-order chi connectivity index (χ1) is 9.52. The summed E-state index contributed by atoms with van der Waals surface area (Å²) in [6, 6.07) is -0.555. The molecule has 2 rings (SSSR count). The number of nitrogens with two attached hydrogens (primary N) is 1. The van der Waals surface area contributed by atoms with Crippen LogP contribution >= 0.6 is 11.3 Å². The summed E-state index contributed by atoms with van der Waals surface area (Å²) >= 11 is 1.17. The van der Waals surface area contributed by atoms with Gasteiger partial charge >= 0.3 is 0 Å². The fourth-order valence-corrected chi connectivity index (χ4v) is 2.88. The van der Waals surface area contributed by atoms with E-state index in [1.54, 1.807) is 18.9 Å². The van der Waals surface area contributed by atoms with Gasteiger partial charge in [0.25, 0.3) is 5.91 Å². The third kappa shape index (κ3) is 3.01. The van der Waals surface area contributed by atoms with Gasteiger partial charge in [0.15, 0.2) is 5.13 Å². The van der Waals surface area contributed by atoms with E-state index in [1.807, 2.05) is 0 Å². The van der Waals surface area contributed by atoms with E-state index in [2.05, 4.69) is 15.6 Å². The van der Waals surface area contributed by atoms with Gasteiger partial charge < -0.3 is 21.3 Å². The number of amides is 2. The number of hydrogen-bond donors (Lipinski definition) is 3. The van der Waals surface area contributed by atoms with Gasteiger partial charge in [0.1, 0.15) is 16.7 Å². The van der Waals surface area contributed by atoms with Crippen molar-refractivity contribution in [2.45, 2.75) is 25.8 Å². The van der Waals surface area contributed by atoms with Gasteiger partial charge in [0.2, 0.25) is 5.91 Å². The molecule has 1 saturated heterocycles. The highest BCUT2D eigenvalue weighted by Gasteiger charge is 2.26. The average molecular weight is 297 g/mol. The Morgan fingerprint density at radius 2 is 2.05 bits per heavy atom. The first-order valence-corrected chi connectivity index (χ1v) is 7.38. The molecule has 0 bridgehead atoms. The second-order valence-corrected chi connectivity index (χ2v) is 5.71. The van der Waals surface area contributed by atoms with E-state index in [9.17, 15) is 9.59 Å². The van der Waals surface area contributed by atoms with Crippen molar-refractivity contribution in [2.24, 2.45) is 0 Å². The lowest BCUT2D eigenvalue weighted by Gasteiger charge is -2.20. The molecular weight excluding hydrogens is 278 g/mol. The van der Waals surface area contributed by atoms with E-state index in [1.165, 1.54) is 11.3 Å². The maximum Gasteiger partial charge on any atom is 0.265 e. The largest absolute Gasteiger partial charge is 0.382 e. The van der Waals surface area contributed by atoms with Gasteiger partial charge in [0, 0.05) is 20.1 Å². The number of hydrogen-bond acceptors (Lipinski definition) is 6. The Balaban J connectivity index is 1.99. The molecule has 1 aliphatic rings. The molecule has 0 radical (unpaired) electrons. The highest BCUT2D eigenvalue weighted by atomic mass is 32.1. The number of rotatable bonds is 4. The third-order valence-electron chi connectivity index (χ3n) is 3.21. The molecule has 110 valence electrons. The molecule has 1 aliphatic heterocycles. The van der Waals surface area contributed by atoms with Gasteiger partial charge in [-0.1, -0.05) is 11.3 Å². The second-order valence-electron chi connectivity index (χ2n) is 4.71. The van der Waals surface area contributed by atoms with Crippen molar-refractivity contribution < 1.29 is 9.59 Å². The summed E-state index contributed by atoms with van der Waals surface area (Å²) in [5, 5.41) is 6.09. The topological polar surface area (TPSA) is 100 Å². The summed E-state index contributed by atoms with van der Waals surface area (Å²) in [5.74, 6) is -0.230. The molecular formula is C12H19N5O2S. The Morgan fingerprint density at radius 1 is 1.40 bits per heavy atom. The number of carbonyl (C=O) groups is 2. The fraction of sp³-hybridized carbons (Fsp3) is 0.583. The number of nitrogens with one attached hydrogen (secondary N) is 2. The molecule has 2 amide bonds. The SMILES string of the molecule is CNc1nc(N)c(C(=O)NC(C)C(=O)N2CCCC2)s1. The average Bonchev–Trinajstić information content (AvgIpc) is 3.06. The van der Waals surface area contributed by atoms with E-state index >= 15 is 0 Å². The molecule has 2 heterocycles. The molecule has 4 N–H and O–H groups in total. The quantitative estimate of drug-likeness (QED) is 0.752. The number of anilines is 2. The van der Waals surface area contributed by atoms with Crippen molar-refractivity contribution in [1.82, 2.24) is 15.2 Å². The van der Waals surface area contributed by atoms with Crippen LogP contribution in [0.2, 0.25) is 0 Å². The van der Waals surface area contributed by atoms with Gasteiger partial charge in [-0.05, 0) is 19.8 Å². The Morgan fingerprint density at radius 3 is 2.60 bits per heavy atom. The number of aromatic nitrogens is 1. The highest BCUT2D eigenvalue weighted by molar-refractivity contribution is 7.18. The fourth-order valence-electron chi connectivity index (χ4n) is 2.14. The van der Waals surface area contributed by atoms with Crippen LogP contribution in [0.25, 0.3) is 0 Å². The minimum atomic E-state index is -0.555. The smallest absolute Gasteiger partial charge is 0.265 e. The van der Waals surface area contributed by atoms with E-state index in [-0.39, 0.29) is 17.6 Å². The van der Waals surface area contributed by atoms with Gasteiger partial charge in [-0.2, -0.15) is 0 Å². The van der Waals surface area contributed by atoms with Gasteiger partial charge in [-0.15, -0.1) is 0 Å². The predicted molar refractivity (Wildman–Crippen MR) is 78.8 cm³/mol. The first kappa shape index (κ1) is 14.6. The summed E-state index contributed by atoms with van der Waals surface area (Å²) in [6.07, 6.45) is 2.06. The maximum absolute atomic E-state index is 12.1. The maximum atomic E-state index is 12.1. The van der Waals surface area contributed by atoms with Crippen molar-refractivity contribution in [3.05, 3.63) is 4.88 Å². The van der Waals surface area contributed by atoms with Crippen LogP contribution in [0.15, 0.2) is 0 Å². The second kappa shape index (κ2) is 6.08. The molecule has 8 heteroatoms. The molecule has 0 spiro atoms. The zero-order valence-electron chi connectivity index (χ0n) is 11.6. The number of carbonyl (C=O) groups excluding carboxylic acids is 2. The first-order valence-electron chi connectivity index (χ1n) is 6.56. The Hall–Kier alpha value is -1.83. The summed E-state index contributed by atoms with van der Waals surface area (Å²) in [5.41, 5.74) is 5.69. The number of thiazole rings is 1. The summed E-state index contributed by atoms with van der Waals surface area (Å²) in [4.78, 5) is 30.3. The van der Waals surface area contributed by atoms with Crippen LogP contribution in [0.1, 0.15) is 29.4 Å². The zero-order chi connectivity index (χ0) is 14.7. The third-order valence-corrected chi connectivity index (χ3v) is 4.30. The molecule has 1 atom stereocenters. The lowest BCUT2D eigenvalue weighted by atomic mass is 10.3. The summed E-state index contributed by atoms with van der Waals surface area (Å²) in [6.45, 7) is 3.23. The van der Waals surface area contributed by atoms with Crippen LogP contribution in [0, 0.1) is 0 Å². The van der Waals surface area contributed by atoms with Crippen LogP contribution < -0.4 is 16.4 Å². The van der Waals surface area contributed by atoms with Crippen LogP contribution in [-0.2, 0) is 4.79 Å². The summed E-state index contributed by atoms with van der Waals surface area (Å²) in [7, 11) is 1.71. The minimum absolute atomic E-state index is 0.0484. The lowest BCUT2D eigenvalue weighted by Crippen LogP contribution is -2.45. The van der Waals surface area contributed by atoms with E-state index in [0.29, 0.717) is 10.0 Å². The number of nitrogens with zero attached hydrogens (tertiary/aromatic N) is 2. The normalized spacial score (nSPS) is 16.0. The predicted octanol–water partition coefficient (Wildman–Crippen LogP) is 0.508. The monoisotopic (exact) mass is 297 g/mol. The van der Waals surface area contributed by atoms with E-state index in [4.69, 9.17) is 5.73 Å². The molecule has 0 saturated carbocycles. The molecule has 20 heavy (non-hydrogen) atoms. The van der Waals surface area contributed by atoms with Gasteiger partial charge in [0.05, 0.1) is 0 Å². The summed E-state index contributed by atoms with van der Waals surface area (Å²) < 4.78 is 0. The van der Waals surface area contributed by atoms with Gasteiger partial charge in [-0.25, -0.2) is 4.98 Å². The standard InChI is InChI=1S/C12H19N5O2S/c1-7(11(19)17-5-3-4-6-17)15-10(18)8-9(13)16-12(14-2)20-8/h7H,3-6,13H2,1-2H3,(H,14,16)(H,15,18).